The summed E-state index contributed by atoms with van der Waals surface area (Å²) in [5.74, 6) is -0.302. The number of carbonyl (C=O) groups excluding carboxylic acids is 2. The highest BCUT2D eigenvalue weighted by Gasteiger charge is 2.30. The molecule has 0 aliphatic carbocycles. The van der Waals surface area contributed by atoms with Gasteiger partial charge in [-0.3, -0.25) is 9.59 Å². The summed E-state index contributed by atoms with van der Waals surface area (Å²) >= 11 is 12.4. The quantitative estimate of drug-likeness (QED) is 0.399. The minimum atomic E-state index is -0.671. The Morgan fingerprint density at radius 3 is 2.15 bits per heavy atom. The van der Waals surface area contributed by atoms with Gasteiger partial charge in [-0.1, -0.05) is 88.9 Å². The molecule has 0 spiro atoms. The van der Waals surface area contributed by atoms with Gasteiger partial charge in [-0.2, -0.15) is 0 Å². The summed E-state index contributed by atoms with van der Waals surface area (Å²) in [4.78, 5) is 28.6. The van der Waals surface area contributed by atoms with Crippen LogP contribution in [0.4, 0.5) is 0 Å². The van der Waals surface area contributed by atoms with Crippen molar-refractivity contribution in [2.75, 3.05) is 6.54 Å². The van der Waals surface area contributed by atoms with Gasteiger partial charge in [0.1, 0.15) is 6.04 Å². The molecule has 2 amide bonds. The van der Waals surface area contributed by atoms with Crippen molar-refractivity contribution in [1.29, 1.82) is 0 Å². The van der Waals surface area contributed by atoms with Crippen LogP contribution in [0.5, 0.6) is 0 Å². The Hall–Kier alpha value is -2.82. The monoisotopic (exact) mass is 496 g/mol. The summed E-state index contributed by atoms with van der Waals surface area (Å²) in [5, 5.41) is 3.77. The normalized spacial score (nSPS) is 11.7. The fraction of sp³-hybridized carbons (Fsp3) is 0.286. The van der Waals surface area contributed by atoms with Crippen molar-refractivity contribution < 1.29 is 9.59 Å². The lowest BCUT2D eigenvalue weighted by Gasteiger charge is -2.31. The topological polar surface area (TPSA) is 49.4 Å². The Morgan fingerprint density at radius 2 is 1.53 bits per heavy atom. The van der Waals surface area contributed by atoms with Crippen LogP contribution in [0, 0.1) is 13.8 Å². The van der Waals surface area contributed by atoms with Gasteiger partial charge in [0.05, 0.1) is 16.5 Å². The molecule has 178 valence electrons. The third-order valence-corrected chi connectivity index (χ3v) is 6.33. The standard InChI is InChI=1S/C28H30Cl2N2O2/c1-4-31-28(34)26(16-21-8-6-5-7-9-21)32(18-22-10-11-24(29)25(30)15-22)27(33)17-23-13-19(2)12-20(3)14-23/h5-15,26H,4,16-18H2,1-3H3,(H,31,34)/t26-/m1/s1. The molecule has 6 heteroatoms. The van der Waals surface area contributed by atoms with Gasteiger partial charge < -0.3 is 10.2 Å². The van der Waals surface area contributed by atoms with Crippen LogP contribution in [0.15, 0.2) is 66.7 Å². The van der Waals surface area contributed by atoms with Crippen molar-refractivity contribution in [2.24, 2.45) is 0 Å². The van der Waals surface area contributed by atoms with E-state index < -0.39 is 6.04 Å². The summed E-state index contributed by atoms with van der Waals surface area (Å²) < 4.78 is 0. The number of hydrogen-bond donors (Lipinski definition) is 1. The minimum absolute atomic E-state index is 0.122. The molecule has 34 heavy (non-hydrogen) atoms. The first-order chi connectivity index (χ1) is 16.3. The maximum atomic E-state index is 13.7. The summed E-state index contributed by atoms with van der Waals surface area (Å²) in [5.41, 5.74) is 4.92. The molecular weight excluding hydrogens is 467 g/mol. The number of amides is 2. The van der Waals surface area contributed by atoms with Gasteiger partial charge in [-0.15, -0.1) is 0 Å². The molecule has 0 fully saturated rings. The van der Waals surface area contributed by atoms with Gasteiger partial charge in [0, 0.05) is 19.5 Å². The van der Waals surface area contributed by atoms with Crippen LogP contribution in [-0.4, -0.2) is 29.3 Å². The molecule has 1 N–H and O–H groups in total. The zero-order valence-corrected chi connectivity index (χ0v) is 21.3. The summed E-state index contributed by atoms with van der Waals surface area (Å²) in [6, 6.07) is 20.5. The van der Waals surface area contributed by atoms with Gasteiger partial charge in [0.2, 0.25) is 11.8 Å². The van der Waals surface area contributed by atoms with Crippen molar-refractivity contribution in [2.45, 2.75) is 46.2 Å². The molecule has 3 aromatic rings. The highest BCUT2D eigenvalue weighted by Crippen LogP contribution is 2.25. The lowest BCUT2D eigenvalue weighted by Crippen LogP contribution is -2.50. The molecule has 1 atom stereocenters. The molecule has 0 aliphatic heterocycles. The smallest absolute Gasteiger partial charge is 0.243 e. The van der Waals surface area contributed by atoms with Crippen molar-refractivity contribution >= 4 is 35.0 Å². The fourth-order valence-electron chi connectivity index (χ4n) is 4.13. The molecule has 3 aromatic carbocycles. The number of rotatable bonds is 9. The Bertz CT molecular complexity index is 1130. The van der Waals surface area contributed by atoms with E-state index in [9.17, 15) is 9.59 Å². The molecular formula is C28H30Cl2N2O2. The SMILES string of the molecule is CCNC(=O)[C@@H](Cc1ccccc1)N(Cc1ccc(Cl)c(Cl)c1)C(=O)Cc1cc(C)cc(C)c1. The van der Waals surface area contributed by atoms with E-state index in [1.54, 1.807) is 17.0 Å². The van der Waals surface area contributed by atoms with E-state index in [4.69, 9.17) is 23.2 Å². The first-order valence-electron chi connectivity index (χ1n) is 11.4. The lowest BCUT2D eigenvalue weighted by molar-refractivity contribution is -0.140. The second-order valence-electron chi connectivity index (χ2n) is 8.54. The highest BCUT2D eigenvalue weighted by atomic mass is 35.5. The Morgan fingerprint density at radius 1 is 0.853 bits per heavy atom. The van der Waals surface area contributed by atoms with Gasteiger partial charge in [-0.05, 0) is 49.6 Å². The number of aryl methyl sites for hydroxylation is 2. The molecule has 0 heterocycles. The van der Waals surface area contributed by atoms with Gasteiger partial charge in [-0.25, -0.2) is 0 Å². The number of carbonyl (C=O) groups is 2. The Balaban J connectivity index is 1.99. The molecule has 0 aliphatic rings. The van der Waals surface area contributed by atoms with Crippen molar-refractivity contribution in [3.8, 4) is 0 Å². The fourth-order valence-corrected chi connectivity index (χ4v) is 4.45. The minimum Gasteiger partial charge on any atom is -0.355 e. The van der Waals surface area contributed by atoms with Crippen LogP contribution < -0.4 is 5.32 Å². The molecule has 0 unspecified atom stereocenters. The summed E-state index contributed by atoms with van der Waals surface area (Å²) in [6.45, 7) is 6.63. The number of likely N-dealkylation sites (N-methyl/N-ethyl adjacent to an activating group) is 1. The van der Waals surface area contributed by atoms with Crippen LogP contribution in [0.25, 0.3) is 0 Å². The van der Waals surface area contributed by atoms with E-state index in [0.717, 1.165) is 27.8 Å². The first kappa shape index (κ1) is 25.8. The van der Waals surface area contributed by atoms with Gasteiger partial charge in [0.15, 0.2) is 0 Å². The van der Waals surface area contributed by atoms with Gasteiger partial charge >= 0.3 is 0 Å². The largest absolute Gasteiger partial charge is 0.355 e. The maximum absolute atomic E-state index is 13.7. The highest BCUT2D eigenvalue weighted by molar-refractivity contribution is 6.42. The summed E-state index contributed by atoms with van der Waals surface area (Å²) in [7, 11) is 0. The first-order valence-corrected chi connectivity index (χ1v) is 12.1. The molecule has 0 aromatic heterocycles. The number of nitrogens with zero attached hydrogens (tertiary/aromatic N) is 1. The second-order valence-corrected chi connectivity index (χ2v) is 9.36. The van der Waals surface area contributed by atoms with E-state index in [2.05, 4.69) is 11.4 Å². The van der Waals surface area contributed by atoms with Crippen LogP contribution in [0.1, 0.15) is 34.7 Å². The second kappa shape index (κ2) is 12.0. The molecule has 4 nitrogen and oxygen atoms in total. The zero-order chi connectivity index (χ0) is 24.7. The van der Waals surface area contributed by atoms with E-state index in [1.807, 2.05) is 69.3 Å². The van der Waals surface area contributed by atoms with Gasteiger partial charge in [0.25, 0.3) is 0 Å². The van der Waals surface area contributed by atoms with E-state index in [1.165, 1.54) is 0 Å². The lowest BCUT2D eigenvalue weighted by atomic mass is 10.0. The van der Waals surface area contributed by atoms with E-state index in [0.29, 0.717) is 23.0 Å². The molecule has 0 radical (unpaired) electrons. The van der Waals surface area contributed by atoms with Crippen LogP contribution in [-0.2, 0) is 29.0 Å². The Labute approximate surface area is 211 Å². The zero-order valence-electron chi connectivity index (χ0n) is 19.8. The number of halogens is 2. The van der Waals surface area contributed by atoms with Crippen molar-refractivity contribution in [1.82, 2.24) is 10.2 Å². The number of benzene rings is 3. The molecule has 0 saturated heterocycles. The third-order valence-electron chi connectivity index (χ3n) is 5.60. The molecule has 0 saturated carbocycles. The predicted octanol–water partition coefficient (Wildman–Crippen LogP) is 5.93. The van der Waals surface area contributed by atoms with Crippen molar-refractivity contribution in [3.05, 3.63) is 105 Å². The summed E-state index contributed by atoms with van der Waals surface area (Å²) in [6.07, 6.45) is 0.612. The van der Waals surface area contributed by atoms with Crippen molar-refractivity contribution in [3.63, 3.8) is 0 Å². The Kier molecular flexibility index (Phi) is 9.14. The number of hydrogen-bond acceptors (Lipinski definition) is 2. The van der Waals surface area contributed by atoms with Crippen LogP contribution in [0.3, 0.4) is 0 Å². The molecule has 0 bridgehead atoms. The van der Waals surface area contributed by atoms with Crippen LogP contribution >= 0.6 is 23.2 Å². The number of nitrogens with one attached hydrogen (secondary N) is 1. The van der Waals surface area contributed by atoms with E-state index in [-0.39, 0.29) is 24.8 Å². The average Bonchev–Trinajstić information content (AvgIpc) is 2.78. The maximum Gasteiger partial charge on any atom is 0.243 e. The average molecular weight is 497 g/mol. The third kappa shape index (κ3) is 7.09. The predicted molar refractivity (Wildman–Crippen MR) is 139 cm³/mol. The molecule has 3 rings (SSSR count). The van der Waals surface area contributed by atoms with E-state index >= 15 is 0 Å². The van der Waals surface area contributed by atoms with Crippen LogP contribution in [0.2, 0.25) is 10.0 Å².